The van der Waals surface area contributed by atoms with Gasteiger partial charge in [-0.25, -0.2) is 0 Å². The monoisotopic (exact) mass is 1110 g/mol. The SMILES string of the molecule is CCCCC/C=C\C/C=C\CCCCCCCC(=O)OCCCCCCCCCCC/C=C\C/C=C\CCCCCCCCCCCCCCCCCC(=O)NC(CO)C(O)/C=C/CCCCCCCCCCCCCCCC. The van der Waals surface area contributed by atoms with Crippen LogP contribution in [0.2, 0.25) is 0 Å². The third-order valence-corrected chi connectivity index (χ3v) is 16.0. The number of amides is 1. The minimum absolute atomic E-state index is 0.00139. The highest BCUT2D eigenvalue weighted by atomic mass is 16.5. The highest BCUT2D eigenvalue weighted by Gasteiger charge is 2.18. The van der Waals surface area contributed by atoms with E-state index in [1.54, 1.807) is 6.08 Å². The maximum atomic E-state index is 12.5. The Morgan fingerprint density at radius 2 is 0.633 bits per heavy atom. The molecule has 0 saturated carbocycles. The number of aliphatic hydroxyl groups is 2. The Kier molecular flexibility index (Phi) is 66.0. The molecule has 0 aromatic carbocycles. The van der Waals surface area contributed by atoms with Crippen LogP contribution in [-0.2, 0) is 14.3 Å². The van der Waals surface area contributed by atoms with Gasteiger partial charge >= 0.3 is 5.97 Å². The number of ether oxygens (including phenoxy) is 1. The van der Waals surface area contributed by atoms with E-state index < -0.39 is 12.1 Å². The summed E-state index contributed by atoms with van der Waals surface area (Å²) >= 11 is 0. The summed E-state index contributed by atoms with van der Waals surface area (Å²) in [7, 11) is 0. The van der Waals surface area contributed by atoms with Crippen LogP contribution in [0.25, 0.3) is 0 Å². The van der Waals surface area contributed by atoms with E-state index in [0.717, 1.165) is 57.8 Å². The molecule has 0 fully saturated rings. The molecular formula is C73H135NO5. The topological polar surface area (TPSA) is 95.9 Å². The number of aliphatic hydroxyl groups excluding tert-OH is 2. The normalized spacial score (nSPS) is 12.9. The number of rotatable bonds is 65. The van der Waals surface area contributed by atoms with Crippen molar-refractivity contribution in [2.45, 2.75) is 379 Å². The Hall–Kier alpha value is -2.44. The van der Waals surface area contributed by atoms with Gasteiger partial charge in [0, 0.05) is 12.8 Å². The van der Waals surface area contributed by atoms with Gasteiger partial charge < -0.3 is 20.3 Å². The minimum Gasteiger partial charge on any atom is -0.466 e. The van der Waals surface area contributed by atoms with Gasteiger partial charge in [0.2, 0.25) is 5.91 Å². The average molecular weight is 1110 g/mol. The molecule has 0 spiro atoms. The fourth-order valence-electron chi connectivity index (χ4n) is 10.6. The maximum Gasteiger partial charge on any atom is 0.305 e. The predicted octanol–water partition coefficient (Wildman–Crippen LogP) is 22.6. The van der Waals surface area contributed by atoms with E-state index in [0.29, 0.717) is 19.4 Å². The summed E-state index contributed by atoms with van der Waals surface area (Å²) in [5, 5.41) is 23.2. The minimum atomic E-state index is -0.845. The first-order valence-corrected chi connectivity index (χ1v) is 35.1. The van der Waals surface area contributed by atoms with Gasteiger partial charge in [0.25, 0.3) is 0 Å². The van der Waals surface area contributed by atoms with E-state index in [2.05, 4.69) is 67.8 Å². The second kappa shape index (κ2) is 68.1. The standard InChI is InChI=1S/C73H135NO5/c1-3-5-7-9-11-13-15-17-19-38-41-45-49-53-57-61-65-71(76)70(69-75)74-72(77)66-62-58-54-50-46-42-39-35-33-31-29-27-25-23-21-20-22-24-26-28-30-32-34-36-40-44-48-52-56-60-64-68-79-73(78)67-63-59-55-51-47-43-37-18-16-14-12-10-8-6-4-2/h12,14,18,22,24,28,30,37,61,65,70-71,75-76H,3-11,13,15-17,19-21,23,25-27,29,31-36,38-60,62-64,66-69H2,1-2H3,(H,74,77)/b14-12-,24-22-,30-28-,37-18-,65-61+. The van der Waals surface area contributed by atoms with E-state index in [1.165, 1.54) is 283 Å². The first-order valence-electron chi connectivity index (χ1n) is 35.1. The highest BCUT2D eigenvalue weighted by Crippen LogP contribution is 2.18. The first-order chi connectivity index (χ1) is 39.0. The third kappa shape index (κ3) is 64.6. The van der Waals surface area contributed by atoms with Crippen molar-refractivity contribution >= 4 is 11.9 Å². The lowest BCUT2D eigenvalue weighted by Gasteiger charge is -2.20. The third-order valence-electron chi connectivity index (χ3n) is 16.0. The molecule has 0 radical (unpaired) electrons. The Morgan fingerprint density at radius 1 is 0.354 bits per heavy atom. The van der Waals surface area contributed by atoms with Crippen LogP contribution in [0.4, 0.5) is 0 Å². The van der Waals surface area contributed by atoms with Crippen molar-refractivity contribution in [2.24, 2.45) is 0 Å². The molecule has 0 aliphatic carbocycles. The molecule has 0 rings (SSSR count). The van der Waals surface area contributed by atoms with Crippen LogP contribution in [-0.4, -0.2) is 47.4 Å². The number of carbonyl (C=O) groups is 2. The van der Waals surface area contributed by atoms with Crippen LogP contribution < -0.4 is 5.32 Å². The van der Waals surface area contributed by atoms with Gasteiger partial charge in [-0.1, -0.05) is 319 Å². The molecule has 2 unspecified atom stereocenters. The Bertz CT molecular complexity index is 1370. The van der Waals surface area contributed by atoms with Crippen molar-refractivity contribution in [3.05, 3.63) is 60.8 Å². The molecule has 0 aliphatic rings. The van der Waals surface area contributed by atoms with Crippen molar-refractivity contribution in [1.82, 2.24) is 5.32 Å². The molecule has 0 aliphatic heterocycles. The Balaban J connectivity index is 3.42. The zero-order chi connectivity index (χ0) is 57.1. The molecule has 3 N–H and O–H groups in total. The second-order valence-electron chi connectivity index (χ2n) is 23.9. The van der Waals surface area contributed by atoms with Crippen LogP contribution in [0.15, 0.2) is 60.8 Å². The molecule has 462 valence electrons. The van der Waals surface area contributed by atoms with Crippen molar-refractivity contribution in [2.75, 3.05) is 13.2 Å². The average Bonchev–Trinajstić information content (AvgIpc) is 3.45. The van der Waals surface area contributed by atoms with Crippen molar-refractivity contribution in [3.63, 3.8) is 0 Å². The number of hydrogen-bond acceptors (Lipinski definition) is 5. The summed E-state index contributed by atoms with van der Waals surface area (Å²) in [6.07, 6.45) is 90.1. The fourth-order valence-corrected chi connectivity index (χ4v) is 10.6. The number of carbonyl (C=O) groups excluding carboxylic acids is 2. The number of unbranched alkanes of at least 4 members (excludes halogenated alkanes) is 46. The van der Waals surface area contributed by atoms with Gasteiger partial charge in [0.05, 0.1) is 25.4 Å². The van der Waals surface area contributed by atoms with Gasteiger partial charge in [-0.15, -0.1) is 0 Å². The lowest BCUT2D eigenvalue weighted by atomic mass is 10.0. The summed E-state index contributed by atoms with van der Waals surface area (Å²) in [4.78, 5) is 24.6. The number of nitrogens with one attached hydrogen (secondary N) is 1. The van der Waals surface area contributed by atoms with Crippen LogP contribution in [0, 0.1) is 0 Å². The predicted molar refractivity (Wildman–Crippen MR) is 347 cm³/mol. The van der Waals surface area contributed by atoms with Crippen LogP contribution in [0.5, 0.6) is 0 Å². The van der Waals surface area contributed by atoms with Crippen LogP contribution in [0.1, 0.15) is 367 Å². The Labute approximate surface area is 492 Å². The molecular weight excluding hydrogens is 971 g/mol. The number of hydrogen-bond donors (Lipinski definition) is 3. The summed E-state index contributed by atoms with van der Waals surface area (Å²) in [6, 6.07) is -0.628. The first kappa shape index (κ1) is 76.6. The van der Waals surface area contributed by atoms with Gasteiger partial charge in [-0.3, -0.25) is 9.59 Å². The van der Waals surface area contributed by atoms with Crippen LogP contribution in [0.3, 0.4) is 0 Å². The number of esters is 1. The molecule has 6 nitrogen and oxygen atoms in total. The van der Waals surface area contributed by atoms with Crippen molar-refractivity contribution < 1.29 is 24.5 Å². The van der Waals surface area contributed by atoms with E-state index in [1.807, 2.05) is 6.08 Å². The second-order valence-corrected chi connectivity index (χ2v) is 23.9. The largest absolute Gasteiger partial charge is 0.466 e. The summed E-state index contributed by atoms with van der Waals surface area (Å²) in [5.41, 5.74) is 0. The molecule has 0 bridgehead atoms. The van der Waals surface area contributed by atoms with E-state index in [4.69, 9.17) is 4.74 Å². The van der Waals surface area contributed by atoms with E-state index in [9.17, 15) is 19.8 Å². The lowest BCUT2D eigenvalue weighted by molar-refractivity contribution is -0.143. The van der Waals surface area contributed by atoms with Crippen LogP contribution >= 0.6 is 0 Å². The molecule has 6 heteroatoms. The smallest absolute Gasteiger partial charge is 0.305 e. The lowest BCUT2D eigenvalue weighted by Crippen LogP contribution is -2.45. The molecule has 0 aromatic rings. The zero-order valence-corrected chi connectivity index (χ0v) is 52.9. The van der Waals surface area contributed by atoms with Gasteiger partial charge in [0.1, 0.15) is 0 Å². The number of allylic oxidation sites excluding steroid dienone is 9. The van der Waals surface area contributed by atoms with E-state index >= 15 is 0 Å². The molecule has 2 atom stereocenters. The van der Waals surface area contributed by atoms with E-state index in [-0.39, 0.29) is 18.5 Å². The summed E-state index contributed by atoms with van der Waals surface area (Å²) in [5.74, 6) is -0.0672. The molecule has 79 heavy (non-hydrogen) atoms. The zero-order valence-electron chi connectivity index (χ0n) is 52.9. The van der Waals surface area contributed by atoms with Crippen molar-refractivity contribution in [1.29, 1.82) is 0 Å². The quantitative estimate of drug-likeness (QED) is 0.0320. The van der Waals surface area contributed by atoms with Gasteiger partial charge in [-0.05, 0) is 96.3 Å². The summed E-state index contributed by atoms with van der Waals surface area (Å²) in [6.45, 7) is 4.89. The van der Waals surface area contributed by atoms with Gasteiger partial charge in [-0.2, -0.15) is 0 Å². The van der Waals surface area contributed by atoms with Crippen molar-refractivity contribution in [3.8, 4) is 0 Å². The molecule has 1 amide bonds. The van der Waals surface area contributed by atoms with Gasteiger partial charge in [0.15, 0.2) is 0 Å². The maximum absolute atomic E-state index is 12.5. The molecule has 0 aromatic heterocycles. The Morgan fingerprint density at radius 3 is 0.987 bits per heavy atom. The fraction of sp³-hybridized carbons (Fsp3) is 0.836. The molecule has 0 heterocycles. The highest BCUT2D eigenvalue weighted by molar-refractivity contribution is 5.76. The summed E-state index contributed by atoms with van der Waals surface area (Å²) < 4.78 is 5.48. The molecule has 0 saturated heterocycles.